The number of carboxylic acids is 1. The van der Waals surface area contributed by atoms with Crippen molar-refractivity contribution in [2.24, 2.45) is 0 Å². The van der Waals surface area contributed by atoms with Crippen molar-refractivity contribution >= 4 is 5.97 Å². The smallest absolute Gasteiger partial charge is 0.312 e. The van der Waals surface area contributed by atoms with Gasteiger partial charge in [-0.25, -0.2) is 9.97 Å². The van der Waals surface area contributed by atoms with E-state index in [0.717, 1.165) is 23.2 Å². The SMILES string of the molecule is CCc1cc(C(Cc2cccc(C)c2)C(=O)O)nc(C)n1. The van der Waals surface area contributed by atoms with E-state index in [-0.39, 0.29) is 0 Å². The Labute approximate surface area is 124 Å². The maximum atomic E-state index is 11.6. The summed E-state index contributed by atoms with van der Waals surface area (Å²) in [6, 6.07) is 9.74. The van der Waals surface area contributed by atoms with Gasteiger partial charge in [0.25, 0.3) is 0 Å². The topological polar surface area (TPSA) is 63.1 Å². The summed E-state index contributed by atoms with van der Waals surface area (Å²) in [4.78, 5) is 20.3. The zero-order valence-corrected chi connectivity index (χ0v) is 12.6. The number of hydrogen-bond donors (Lipinski definition) is 1. The summed E-state index contributed by atoms with van der Waals surface area (Å²) < 4.78 is 0. The van der Waals surface area contributed by atoms with E-state index in [1.165, 1.54) is 0 Å². The van der Waals surface area contributed by atoms with Crippen molar-refractivity contribution < 1.29 is 9.90 Å². The summed E-state index contributed by atoms with van der Waals surface area (Å²) >= 11 is 0. The number of hydrogen-bond acceptors (Lipinski definition) is 3. The van der Waals surface area contributed by atoms with Crippen molar-refractivity contribution in [3.8, 4) is 0 Å². The maximum absolute atomic E-state index is 11.6. The zero-order chi connectivity index (χ0) is 15.4. The highest BCUT2D eigenvalue weighted by molar-refractivity contribution is 5.76. The summed E-state index contributed by atoms with van der Waals surface area (Å²) in [5.74, 6) is -0.865. The van der Waals surface area contributed by atoms with Crippen LogP contribution in [0.25, 0.3) is 0 Å². The van der Waals surface area contributed by atoms with Gasteiger partial charge in [-0.2, -0.15) is 0 Å². The predicted octanol–water partition coefficient (Wildman–Crippen LogP) is 3.07. The number of carbonyl (C=O) groups is 1. The van der Waals surface area contributed by atoms with E-state index >= 15 is 0 Å². The average molecular weight is 284 g/mol. The highest BCUT2D eigenvalue weighted by atomic mass is 16.4. The molecule has 21 heavy (non-hydrogen) atoms. The molecule has 0 radical (unpaired) electrons. The Hall–Kier alpha value is -2.23. The van der Waals surface area contributed by atoms with Crippen LogP contribution >= 0.6 is 0 Å². The van der Waals surface area contributed by atoms with Crippen LogP contribution in [0, 0.1) is 13.8 Å². The van der Waals surface area contributed by atoms with Gasteiger partial charge < -0.3 is 5.11 Å². The Balaban J connectivity index is 2.35. The number of benzene rings is 1. The molecule has 0 spiro atoms. The Bertz CT molecular complexity index is 653. The lowest BCUT2D eigenvalue weighted by Crippen LogP contribution is -2.17. The number of aryl methyl sites for hydroxylation is 3. The molecule has 4 heteroatoms. The van der Waals surface area contributed by atoms with E-state index in [9.17, 15) is 9.90 Å². The quantitative estimate of drug-likeness (QED) is 0.916. The lowest BCUT2D eigenvalue weighted by atomic mass is 9.94. The van der Waals surface area contributed by atoms with Gasteiger partial charge in [-0.15, -0.1) is 0 Å². The molecule has 2 aromatic rings. The van der Waals surface area contributed by atoms with Gasteiger partial charge >= 0.3 is 5.97 Å². The molecule has 0 aliphatic rings. The van der Waals surface area contributed by atoms with Crippen molar-refractivity contribution in [1.29, 1.82) is 0 Å². The second kappa shape index (κ2) is 6.48. The standard InChI is InChI=1S/C17H20N2O2/c1-4-14-10-16(19-12(3)18-14)15(17(20)21)9-13-7-5-6-11(2)8-13/h5-8,10,15H,4,9H2,1-3H3,(H,20,21). The third kappa shape index (κ3) is 3.88. The number of carboxylic acid groups (broad SMARTS) is 1. The molecule has 0 bridgehead atoms. The lowest BCUT2D eigenvalue weighted by Gasteiger charge is -2.14. The van der Waals surface area contributed by atoms with Gasteiger partial charge in [0.1, 0.15) is 11.7 Å². The second-order valence-electron chi connectivity index (χ2n) is 5.27. The third-order valence-electron chi connectivity index (χ3n) is 3.45. The van der Waals surface area contributed by atoms with Crippen molar-refractivity contribution in [3.05, 3.63) is 58.7 Å². The fraction of sp³-hybridized carbons (Fsp3) is 0.353. The molecule has 0 saturated carbocycles. The molecule has 0 fully saturated rings. The minimum atomic E-state index is -0.850. The van der Waals surface area contributed by atoms with Crippen molar-refractivity contribution in [1.82, 2.24) is 9.97 Å². The Morgan fingerprint density at radius 2 is 2.00 bits per heavy atom. The molecule has 0 saturated heterocycles. The fourth-order valence-electron chi connectivity index (χ4n) is 2.41. The van der Waals surface area contributed by atoms with Crippen LogP contribution in [-0.2, 0) is 17.6 Å². The fourth-order valence-corrected chi connectivity index (χ4v) is 2.41. The Kier molecular flexibility index (Phi) is 4.68. The molecule has 0 aliphatic carbocycles. The summed E-state index contributed by atoms with van der Waals surface area (Å²) in [7, 11) is 0. The van der Waals surface area contributed by atoms with Gasteiger partial charge in [0.15, 0.2) is 0 Å². The molecule has 1 unspecified atom stereocenters. The van der Waals surface area contributed by atoms with Crippen molar-refractivity contribution in [2.75, 3.05) is 0 Å². The molecule has 4 nitrogen and oxygen atoms in total. The first kappa shape index (κ1) is 15.2. The number of aromatic nitrogens is 2. The van der Waals surface area contributed by atoms with Gasteiger partial charge in [0.05, 0.1) is 5.69 Å². The normalized spacial score (nSPS) is 12.1. The van der Waals surface area contributed by atoms with Gasteiger partial charge in [0, 0.05) is 5.69 Å². The van der Waals surface area contributed by atoms with E-state index in [1.54, 1.807) is 6.92 Å². The molecule has 0 amide bonds. The van der Waals surface area contributed by atoms with E-state index in [4.69, 9.17) is 0 Å². The number of rotatable bonds is 5. The summed E-state index contributed by atoms with van der Waals surface area (Å²) in [5.41, 5.74) is 3.61. The van der Waals surface area contributed by atoms with Gasteiger partial charge in [0.2, 0.25) is 0 Å². The minimum Gasteiger partial charge on any atom is -0.481 e. The van der Waals surface area contributed by atoms with E-state index in [2.05, 4.69) is 9.97 Å². The first-order valence-electron chi connectivity index (χ1n) is 7.12. The predicted molar refractivity (Wildman–Crippen MR) is 81.4 cm³/mol. The van der Waals surface area contributed by atoms with Crippen LogP contribution in [0.5, 0.6) is 0 Å². The van der Waals surface area contributed by atoms with E-state index < -0.39 is 11.9 Å². The number of nitrogens with zero attached hydrogens (tertiary/aromatic N) is 2. The van der Waals surface area contributed by atoms with Gasteiger partial charge in [-0.3, -0.25) is 4.79 Å². The van der Waals surface area contributed by atoms with Gasteiger partial charge in [-0.05, 0) is 38.3 Å². The molecule has 110 valence electrons. The molecule has 1 atom stereocenters. The summed E-state index contributed by atoms with van der Waals surface area (Å²) in [5, 5.41) is 9.55. The molecule has 0 aliphatic heterocycles. The molecular weight excluding hydrogens is 264 g/mol. The average Bonchev–Trinajstić information content (AvgIpc) is 2.43. The first-order valence-corrected chi connectivity index (χ1v) is 7.12. The Morgan fingerprint density at radius 1 is 1.24 bits per heavy atom. The van der Waals surface area contributed by atoms with Crippen LogP contribution in [0.3, 0.4) is 0 Å². The van der Waals surface area contributed by atoms with Crippen LogP contribution in [0.2, 0.25) is 0 Å². The summed E-state index contributed by atoms with van der Waals surface area (Å²) in [6.45, 7) is 5.80. The largest absolute Gasteiger partial charge is 0.481 e. The summed E-state index contributed by atoms with van der Waals surface area (Å²) in [6.07, 6.45) is 1.21. The molecule has 1 aromatic heterocycles. The minimum absolute atomic E-state index is 0.441. The molecule has 1 N–H and O–H groups in total. The molecule has 1 heterocycles. The Morgan fingerprint density at radius 3 is 2.62 bits per heavy atom. The zero-order valence-electron chi connectivity index (χ0n) is 12.6. The first-order chi connectivity index (χ1) is 9.99. The lowest BCUT2D eigenvalue weighted by molar-refractivity contribution is -0.138. The number of aliphatic carboxylic acids is 1. The second-order valence-corrected chi connectivity index (χ2v) is 5.27. The van der Waals surface area contributed by atoms with Crippen LogP contribution in [0.15, 0.2) is 30.3 Å². The molecular formula is C17H20N2O2. The highest BCUT2D eigenvalue weighted by Crippen LogP contribution is 2.21. The van der Waals surface area contributed by atoms with E-state index in [0.29, 0.717) is 17.9 Å². The van der Waals surface area contributed by atoms with Crippen LogP contribution < -0.4 is 0 Å². The van der Waals surface area contributed by atoms with Crippen molar-refractivity contribution in [3.63, 3.8) is 0 Å². The molecule has 1 aromatic carbocycles. The molecule has 2 rings (SSSR count). The van der Waals surface area contributed by atoms with Gasteiger partial charge in [-0.1, -0.05) is 36.8 Å². The highest BCUT2D eigenvalue weighted by Gasteiger charge is 2.23. The van der Waals surface area contributed by atoms with Crippen LogP contribution in [0.4, 0.5) is 0 Å². The van der Waals surface area contributed by atoms with Crippen LogP contribution in [-0.4, -0.2) is 21.0 Å². The third-order valence-corrected chi connectivity index (χ3v) is 3.45. The van der Waals surface area contributed by atoms with Crippen molar-refractivity contribution in [2.45, 2.75) is 39.5 Å². The van der Waals surface area contributed by atoms with E-state index in [1.807, 2.05) is 44.2 Å². The van der Waals surface area contributed by atoms with Crippen LogP contribution in [0.1, 0.15) is 41.2 Å². The monoisotopic (exact) mass is 284 g/mol. The maximum Gasteiger partial charge on any atom is 0.312 e.